The molecule has 1 aromatic heterocycles. The van der Waals surface area contributed by atoms with Crippen LogP contribution in [0.3, 0.4) is 0 Å². The molecule has 1 fully saturated rings. The lowest BCUT2D eigenvalue weighted by Crippen LogP contribution is -2.43. The van der Waals surface area contributed by atoms with E-state index in [4.69, 9.17) is 0 Å². The number of thiophene rings is 1. The first-order valence-corrected chi connectivity index (χ1v) is 7.91. The highest BCUT2D eigenvalue weighted by atomic mass is 32.1. The Kier molecular flexibility index (Phi) is 6.14. The van der Waals surface area contributed by atoms with Gasteiger partial charge in [-0.3, -0.25) is 0 Å². The van der Waals surface area contributed by atoms with Gasteiger partial charge in [-0.15, -0.1) is 11.3 Å². The van der Waals surface area contributed by atoms with Crippen LogP contribution in [0.2, 0.25) is 0 Å². The van der Waals surface area contributed by atoms with E-state index in [1.807, 2.05) is 11.3 Å². The summed E-state index contributed by atoms with van der Waals surface area (Å²) >= 11 is 1.86. The Balaban J connectivity index is 1.47. The van der Waals surface area contributed by atoms with E-state index < -0.39 is 0 Å². The highest BCUT2D eigenvalue weighted by molar-refractivity contribution is 7.10. The van der Waals surface area contributed by atoms with Crippen molar-refractivity contribution in [2.24, 2.45) is 0 Å². The number of nitrogens with zero attached hydrogens (tertiary/aromatic N) is 1. The molecule has 1 saturated heterocycles. The van der Waals surface area contributed by atoms with Gasteiger partial charge in [0.15, 0.2) is 0 Å². The maximum atomic E-state index is 3.55. The summed E-state index contributed by atoms with van der Waals surface area (Å²) in [6, 6.07) is 2.20. The average molecular weight is 267 g/mol. The quantitative estimate of drug-likeness (QED) is 0.738. The zero-order chi connectivity index (χ0) is 12.6. The molecule has 0 atom stereocenters. The molecule has 0 radical (unpaired) electrons. The third kappa shape index (κ3) is 4.69. The minimum atomic E-state index is 1.04. The molecule has 1 aliphatic heterocycles. The molecule has 0 spiro atoms. The summed E-state index contributed by atoms with van der Waals surface area (Å²) in [4.78, 5) is 4.05. The lowest BCUT2D eigenvalue weighted by atomic mass is 10.2. The molecule has 18 heavy (non-hydrogen) atoms. The SMILES string of the molecule is Cc1ccsc1CNCCCCN1CCNCC1. The zero-order valence-electron chi connectivity index (χ0n) is 11.4. The van der Waals surface area contributed by atoms with E-state index in [2.05, 4.69) is 33.9 Å². The van der Waals surface area contributed by atoms with E-state index in [0.717, 1.165) is 26.2 Å². The van der Waals surface area contributed by atoms with Crippen molar-refractivity contribution < 1.29 is 0 Å². The molecular weight excluding hydrogens is 242 g/mol. The third-order valence-corrected chi connectivity index (χ3v) is 4.56. The molecular formula is C14H25N3S. The molecule has 0 aromatic carbocycles. The molecule has 2 rings (SSSR count). The molecule has 3 nitrogen and oxygen atoms in total. The van der Waals surface area contributed by atoms with Gasteiger partial charge in [0.2, 0.25) is 0 Å². The lowest BCUT2D eigenvalue weighted by molar-refractivity contribution is 0.236. The first-order chi connectivity index (χ1) is 8.86. The fourth-order valence-corrected chi connectivity index (χ4v) is 3.18. The molecule has 102 valence electrons. The molecule has 0 bridgehead atoms. The molecule has 0 aliphatic carbocycles. The Labute approximate surface area is 115 Å². The van der Waals surface area contributed by atoms with E-state index in [0.29, 0.717) is 0 Å². The van der Waals surface area contributed by atoms with E-state index >= 15 is 0 Å². The van der Waals surface area contributed by atoms with Crippen LogP contribution < -0.4 is 10.6 Å². The fraction of sp³-hybridized carbons (Fsp3) is 0.714. The Morgan fingerprint density at radius 1 is 1.33 bits per heavy atom. The van der Waals surface area contributed by atoms with Gasteiger partial charge in [0.1, 0.15) is 0 Å². The average Bonchev–Trinajstić information content (AvgIpc) is 2.81. The molecule has 2 N–H and O–H groups in total. The number of hydrogen-bond donors (Lipinski definition) is 2. The van der Waals surface area contributed by atoms with Gasteiger partial charge in [-0.2, -0.15) is 0 Å². The van der Waals surface area contributed by atoms with Crippen molar-refractivity contribution in [3.63, 3.8) is 0 Å². The minimum absolute atomic E-state index is 1.04. The first-order valence-electron chi connectivity index (χ1n) is 7.03. The molecule has 1 aliphatic rings. The normalized spacial score (nSPS) is 17.2. The largest absolute Gasteiger partial charge is 0.314 e. The summed E-state index contributed by atoms with van der Waals surface area (Å²) in [5.74, 6) is 0. The van der Waals surface area contributed by atoms with Crippen LogP contribution in [0.5, 0.6) is 0 Å². The second-order valence-electron chi connectivity index (χ2n) is 5.00. The predicted molar refractivity (Wildman–Crippen MR) is 79.3 cm³/mol. The van der Waals surface area contributed by atoms with Crippen LogP contribution >= 0.6 is 11.3 Å². The number of unbranched alkanes of at least 4 members (excludes halogenated alkanes) is 1. The lowest BCUT2D eigenvalue weighted by Gasteiger charge is -2.27. The molecule has 2 heterocycles. The van der Waals surface area contributed by atoms with Gasteiger partial charge in [-0.05, 0) is 49.9 Å². The van der Waals surface area contributed by atoms with Crippen LogP contribution in [-0.2, 0) is 6.54 Å². The number of aryl methyl sites for hydroxylation is 1. The Hall–Kier alpha value is -0.420. The van der Waals surface area contributed by atoms with Gasteiger partial charge in [0.25, 0.3) is 0 Å². The van der Waals surface area contributed by atoms with E-state index in [1.54, 1.807) is 0 Å². The molecule has 0 saturated carbocycles. The third-order valence-electron chi connectivity index (χ3n) is 3.54. The second kappa shape index (κ2) is 7.89. The first kappa shape index (κ1) is 14.0. The van der Waals surface area contributed by atoms with Crippen LogP contribution in [0.15, 0.2) is 11.4 Å². The van der Waals surface area contributed by atoms with Crippen LogP contribution in [-0.4, -0.2) is 44.2 Å². The van der Waals surface area contributed by atoms with E-state index in [1.165, 1.54) is 42.9 Å². The van der Waals surface area contributed by atoms with Crippen LogP contribution in [0.25, 0.3) is 0 Å². The van der Waals surface area contributed by atoms with Crippen LogP contribution in [0, 0.1) is 6.92 Å². The Morgan fingerprint density at radius 3 is 2.89 bits per heavy atom. The second-order valence-corrected chi connectivity index (χ2v) is 6.00. The summed E-state index contributed by atoms with van der Waals surface area (Å²) in [5.41, 5.74) is 1.42. The number of piperazine rings is 1. The number of nitrogens with one attached hydrogen (secondary N) is 2. The topological polar surface area (TPSA) is 27.3 Å². The van der Waals surface area contributed by atoms with Gasteiger partial charge >= 0.3 is 0 Å². The van der Waals surface area contributed by atoms with Gasteiger partial charge in [0.05, 0.1) is 0 Å². The van der Waals surface area contributed by atoms with Crippen molar-refractivity contribution in [2.75, 3.05) is 39.3 Å². The van der Waals surface area contributed by atoms with Gasteiger partial charge in [0, 0.05) is 37.6 Å². The van der Waals surface area contributed by atoms with Crippen LogP contribution in [0.4, 0.5) is 0 Å². The maximum absolute atomic E-state index is 3.55. The van der Waals surface area contributed by atoms with E-state index in [-0.39, 0.29) is 0 Å². The molecule has 1 aromatic rings. The zero-order valence-corrected chi connectivity index (χ0v) is 12.2. The van der Waals surface area contributed by atoms with Gasteiger partial charge in [-0.25, -0.2) is 0 Å². The summed E-state index contributed by atoms with van der Waals surface area (Å²) in [6.07, 6.45) is 2.60. The highest BCUT2D eigenvalue weighted by Crippen LogP contribution is 2.14. The fourth-order valence-electron chi connectivity index (χ4n) is 2.31. The van der Waals surface area contributed by atoms with E-state index in [9.17, 15) is 0 Å². The van der Waals surface area contributed by atoms with Crippen LogP contribution in [0.1, 0.15) is 23.3 Å². The van der Waals surface area contributed by atoms with Crippen molar-refractivity contribution in [3.05, 3.63) is 21.9 Å². The highest BCUT2D eigenvalue weighted by Gasteiger charge is 2.07. The summed E-state index contributed by atoms with van der Waals surface area (Å²) in [6.45, 7) is 10.4. The molecule has 0 unspecified atom stereocenters. The molecule has 0 amide bonds. The summed E-state index contributed by atoms with van der Waals surface area (Å²) in [5, 5.41) is 9.12. The molecule has 4 heteroatoms. The predicted octanol–water partition coefficient (Wildman–Crippen LogP) is 1.83. The standard InChI is InChI=1S/C14H25N3S/c1-13-4-11-18-14(13)12-16-5-2-3-8-17-9-6-15-7-10-17/h4,11,15-16H,2-3,5-10,12H2,1H3. The number of rotatable bonds is 7. The number of hydrogen-bond acceptors (Lipinski definition) is 4. The minimum Gasteiger partial charge on any atom is -0.314 e. The summed E-state index contributed by atoms with van der Waals surface area (Å²) < 4.78 is 0. The van der Waals surface area contributed by atoms with Crippen molar-refractivity contribution >= 4 is 11.3 Å². The van der Waals surface area contributed by atoms with Crippen molar-refractivity contribution in [1.29, 1.82) is 0 Å². The van der Waals surface area contributed by atoms with Crippen molar-refractivity contribution in [1.82, 2.24) is 15.5 Å². The Morgan fingerprint density at radius 2 is 2.17 bits per heavy atom. The van der Waals surface area contributed by atoms with Crippen molar-refractivity contribution in [3.8, 4) is 0 Å². The summed E-state index contributed by atoms with van der Waals surface area (Å²) in [7, 11) is 0. The van der Waals surface area contributed by atoms with Gasteiger partial charge < -0.3 is 15.5 Å². The van der Waals surface area contributed by atoms with Gasteiger partial charge in [-0.1, -0.05) is 0 Å². The Bertz CT molecular complexity index is 332. The van der Waals surface area contributed by atoms with Crippen molar-refractivity contribution in [2.45, 2.75) is 26.3 Å². The monoisotopic (exact) mass is 267 g/mol. The smallest absolute Gasteiger partial charge is 0.0302 e. The maximum Gasteiger partial charge on any atom is 0.0302 e.